The second kappa shape index (κ2) is 6.68. The fourth-order valence-corrected chi connectivity index (χ4v) is 3.25. The van der Waals surface area contributed by atoms with Gasteiger partial charge in [0.15, 0.2) is 5.69 Å². The first-order valence-electron chi connectivity index (χ1n) is 7.11. The van der Waals surface area contributed by atoms with Crippen LogP contribution in [0.1, 0.15) is 22.5 Å². The van der Waals surface area contributed by atoms with Gasteiger partial charge in [0.05, 0.1) is 17.4 Å². The number of nitrogens with zero attached hydrogens (tertiary/aromatic N) is 3. The second-order valence-corrected chi connectivity index (χ2v) is 6.18. The van der Waals surface area contributed by atoms with E-state index in [0.717, 1.165) is 24.1 Å². The molecule has 1 aliphatic rings. The number of thioether (sulfide) groups is 1. The minimum Gasteiger partial charge on any atom is -0.267 e. The number of benzene rings is 1. The number of aromatic nitrogens is 2. The van der Waals surface area contributed by atoms with Crippen molar-refractivity contribution in [3.05, 3.63) is 47.8 Å². The Bertz CT molecular complexity index is 763. The summed E-state index contributed by atoms with van der Waals surface area (Å²) in [6.45, 7) is 0. The number of carbonyl (C=O) groups is 1. The lowest BCUT2D eigenvalue weighted by molar-refractivity contribution is -0.143. The van der Waals surface area contributed by atoms with Gasteiger partial charge in [0.2, 0.25) is 0 Å². The average molecular weight is 354 g/mol. The van der Waals surface area contributed by atoms with Crippen LogP contribution in [-0.4, -0.2) is 32.9 Å². The molecule has 1 N–H and O–H groups in total. The van der Waals surface area contributed by atoms with Crippen molar-refractivity contribution in [1.29, 1.82) is 0 Å². The number of carbonyl (C=O) groups excluding carboxylic acids is 1. The summed E-state index contributed by atoms with van der Waals surface area (Å²) in [5.74, 6) is 0.651. The summed E-state index contributed by atoms with van der Waals surface area (Å²) in [5, 5.41) is 7.63. The molecule has 0 unspecified atom stereocenters. The van der Waals surface area contributed by atoms with Crippen LogP contribution in [0.25, 0.3) is 5.69 Å². The highest BCUT2D eigenvalue weighted by Gasteiger charge is 2.40. The first kappa shape index (κ1) is 16.6. The number of para-hydroxylation sites is 1. The van der Waals surface area contributed by atoms with Gasteiger partial charge in [-0.15, -0.1) is 0 Å². The van der Waals surface area contributed by atoms with Gasteiger partial charge < -0.3 is 0 Å². The van der Waals surface area contributed by atoms with Crippen molar-refractivity contribution >= 4 is 23.4 Å². The van der Waals surface area contributed by atoms with Crippen molar-refractivity contribution in [2.75, 3.05) is 11.5 Å². The summed E-state index contributed by atoms with van der Waals surface area (Å²) in [7, 11) is 0. The molecule has 0 bridgehead atoms. The molecule has 1 saturated heterocycles. The fraction of sp³-hybridized carbons (Fsp3) is 0.267. The molecule has 24 heavy (non-hydrogen) atoms. The predicted octanol–water partition coefficient (Wildman–Crippen LogP) is 3.11. The number of hydrazone groups is 1. The SMILES string of the molecule is O=C(N/N=C1/CCSC1)c1cnn(-c2ccccc2)c1C(F)(F)F. The summed E-state index contributed by atoms with van der Waals surface area (Å²) in [5.41, 5.74) is 1.51. The highest BCUT2D eigenvalue weighted by molar-refractivity contribution is 8.00. The van der Waals surface area contributed by atoms with Crippen molar-refractivity contribution in [3.8, 4) is 5.69 Å². The zero-order valence-corrected chi connectivity index (χ0v) is 13.2. The maximum atomic E-state index is 13.4. The molecular formula is C15H13F3N4OS. The van der Waals surface area contributed by atoms with Crippen LogP contribution in [0.3, 0.4) is 0 Å². The quantitative estimate of drug-likeness (QED) is 0.862. The van der Waals surface area contributed by atoms with E-state index in [4.69, 9.17) is 0 Å². The normalized spacial score (nSPS) is 16.5. The molecule has 0 saturated carbocycles. The molecule has 0 spiro atoms. The zero-order chi connectivity index (χ0) is 17.2. The molecule has 1 aliphatic heterocycles. The van der Waals surface area contributed by atoms with Crippen molar-refractivity contribution < 1.29 is 18.0 Å². The van der Waals surface area contributed by atoms with Gasteiger partial charge in [-0.25, -0.2) is 10.1 Å². The molecule has 1 amide bonds. The Balaban J connectivity index is 1.94. The van der Waals surface area contributed by atoms with Crippen molar-refractivity contribution in [3.63, 3.8) is 0 Å². The molecule has 9 heteroatoms. The Morgan fingerprint density at radius 1 is 1.29 bits per heavy atom. The van der Waals surface area contributed by atoms with Crippen LogP contribution in [-0.2, 0) is 6.18 Å². The Hall–Kier alpha value is -2.29. The number of hydrogen-bond acceptors (Lipinski definition) is 4. The lowest BCUT2D eigenvalue weighted by atomic mass is 10.2. The van der Waals surface area contributed by atoms with E-state index in [1.807, 2.05) is 0 Å². The number of amides is 1. The van der Waals surface area contributed by atoms with Crippen LogP contribution in [0.15, 0.2) is 41.6 Å². The topological polar surface area (TPSA) is 59.3 Å². The molecule has 1 fully saturated rings. The minimum atomic E-state index is -4.73. The summed E-state index contributed by atoms with van der Waals surface area (Å²) in [4.78, 5) is 12.1. The number of nitrogens with one attached hydrogen (secondary N) is 1. The maximum Gasteiger partial charge on any atom is 0.434 e. The number of hydrogen-bond donors (Lipinski definition) is 1. The molecule has 0 atom stereocenters. The Kier molecular flexibility index (Phi) is 4.61. The Morgan fingerprint density at radius 3 is 2.67 bits per heavy atom. The highest BCUT2D eigenvalue weighted by atomic mass is 32.2. The third-order valence-corrected chi connectivity index (χ3v) is 4.43. The van der Waals surface area contributed by atoms with Gasteiger partial charge in [-0.1, -0.05) is 18.2 Å². The zero-order valence-electron chi connectivity index (χ0n) is 12.4. The van der Waals surface area contributed by atoms with Crippen LogP contribution in [0.2, 0.25) is 0 Å². The van der Waals surface area contributed by atoms with E-state index < -0.39 is 23.3 Å². The van der Waals surface area contributed by atoms with Crippen molar-refractivity contribution in [1.82, 2.24) is 15.2 Å². The van der Waals surface area contributed by atoms with E-state index in [1.165, 1.54) is 12.1 Å². The molecule has 5 nitrogen and oxygen atoms in total. The Labute approximate surface area is 139 Å². The average Bonchev–Trinajstić information content (AvgIpc) is 3.22. The standard InChI is InChI=1S/C15H13F3N4OS/c16-15(17,18)13-12(14(23)21-20-10-6-7-24-9-10)8-19-22(13)11-4-2-1-3-5-11/h1-5,8H,6-7,9H2,(H,21,23)/b20-10-. The van der Waals surface area contributed by atoms with Gasteiger partial charge >= 0.3 is 6.18 Å². The third kappa shape index (κ3) is 3.45. The van der Waals surface area contributed by atoms with Crippen LogP contribution in [0.5, 0.6) is 0 Å². The summed E-state index contributed by atoms with van der Waals surface area (Å²) in [6, 6.07) is 7.85. The van der Waals surface area contributed by atoms with E-state index in [0.29, 0.717) is 10.4 Å². The predicted molar refractivity (Wildman–Crippen MR) is 85.4 cm³/mol. The molecule has 3 rings (SSSR count). The van der Waals surface area contributed by atoms with Crippen LogP contribution < -0.4 is 5.43 Å². The summed E-state index contributed by atoms with van der Waals surface area (Å²) >= 11 is 1.66. The minimum absolute atomic E-state index is 0.224. The highest BCUT2D eigenvalue weighted by Crippen LogP contribution is 2.33. The third-order valence-electron chi connectivity index (χ3n) is 3.40. The lowest BCUT2D eigenvalue weighted by Crippen LogP contribution is -2.24. The van der Waals surface area contributed by atoms with E-state index in [-0.39, 0.29) is 5.69 Å². The van der Waals surface area contributed by atoms with E-state index >= 15 is 0 Å². The van der Waals surface area contributed by atoms with Crippen LogP contribution in [0.4, 0.5) is 13.2 Å². The smallest absolute Gasteiger partial charge is 0.267 e. The van der Waals surface area contributed by atoms with E-state index in [1.54, 1.807) is 30.0 Å². The summed E-state index contributed by atoms with van der Waals surface area (Å²) < 4.78 is 41.1. The molecule has 1 aromatic carbocycles. The lowest BCUT2D eigenvalue weighted by Gasteiger charge is -2.12. The van der Waals surface area contributed by atoms with Crippen LogP contribution >= 0.6 is 11.8 Å². The van der Waals surface area contributed by atoms with Gasteiger partial charge in [0.1, 0.15) is 0 Å². The molecule has 1 aromatic heterocycles. The number of alkyl halides is 3. The molecule has 0 aliphatic carbocycles. The van der Waals surface area contributed by atoms with Crippen LogP contribution in [0, 0.1) is 0 Å². The number of rotatable bonds is 3. The van der Waals surface area contributed by atoms with Gasteiger partial charge in [-0.2, -0.15) is 35.1 Å². The molecule has 0 radical (unpaired) electrons. The van der Waals surface area contributed by atoms with Gasteiger partial charge in [-0.3, -0.25) is 4.79 Å². The second-order valence-electron chi connectivity index (χ2n) is 5.07. The maximum absolute atomic E-state index is 13.4. The molecule has 126 valence electrons. The molecule has 2 heterocycles. The number of halogens is 3. The van der Waals surface area contributed by atoms with E-state index in [9.17, 15) is 18.0 Å². The summed E-state index contributed by atoms with van der Waals surface area (Å²) in [6.07, 6.45) is -3.09. The van der Waals surface area contributed by atoms with E-state index in [2.05, 4.69) is 15.6 Å². The van der Waals surface area contributed by atoms with Gasteiger partial charge in [0.25, 0.3) is 5.91 Å². The molecule has 2 aromatic rings. The first-order chi connectivity index (χ1) is 11.5. The monoisotopic (exact) mass is 354 g/mol. The van der Waals surface area contributed by atoms with Gasteiger partial charge in [0, 0.05) is 11.5 Å². The van der Waals surface area contributed by atoms with Crippen molar-refractivity contribution in [2.45, 2.75) is 12.6 Å². The first-order valence-corrected chi connectivity index (χ1v) is 8.26. The van der Waals surface area contributed by atoms with Gasteiger partial charge in [-0.05, 0) is 24.3 Å². The molecular weight excluding hydrogens is 341 g/mol. The Morgan fingerprint density at radius 2 is 2.04 bits per heavy atom. The van der Waals surface area contributed by atoms with Crippen molar-refractivity contribution in [2.24, 2.45) is 5.10 Å². The fourth-order valence-electron chi connectivity index (χ4n) is 2.28. The largest absolute Gasteiger partial charge is 0.434 e.